The van der Waals surface area contributed by atoms with E-state index in [0.717, 1.165) is 5.46 Å². The summed E-state index contributed by atoms with van der Waals surface area (Å²) in [5, 5.41) is 13.5. The Kier molecular flexibility index (Phi) is 4.70. The Bertz CT molecular complexity index is 770. The van der Waals surface area contributed by atoms with Gasteiger partial charge < -0.3 is 9.31 Å². The summed E-state index contributed by atoms with van der Waals surface area (Å²) < 4.78 is 38.6. The molecule has 8 nitrogen and oxygen atoms in total. The van der Waals surface area contributed by atoms with Gasteiger partial charge in [-0.3, -0.25) is 4.68 Å². The summed E-state index contributed by atoms with van der Waals surface area (Å²) in [5.41, 5.74) is 0.144. The summed E-state index contributed by atoms with van der Waals surface area (Å²) >= 11 is 0. The second kappa shape index (κ2) is 6.39. The van der Waals surface area contributed by atoms with Gasteiger partial charge in [-0.15, -0.1) is 0 Å². The molecule has 0 unspecified atom stereocenters. The number of nitrogens with zero attached hydrogens (tertiary/aromatic N) is 4. The van der Waals surface area contributed by atoms with Crippen LogP contribution in [0.4, 0.5) is 0 Å². The first-order valence-corrected chi connectivity index (χ1v) is 9.95. The number of hydrogen-bond donors (Lipinski definition) is 0. The SMILES string of the molecule is CCS(=O)(=O)N1CC(CC#N)(n2cc(B3OCC(C)(C)CO3)cn2)C1. The highest BCUT2D eigenvalue weighted by Gasteiger charge is 2.50. The third-order valence-electron chi connectivity index (χ3n) is 4.72. The maximum Gasteiger partial charge on any atom is 0.497 e. The predicted octanol–water partition coefficient (Wildman–Crippen LogP) is -0.0744. The van der Waals surface area contributed by atoms with Crippen LogP contribution in [-0.2, 0) is 24.9 Å². The van der Waals surface area contributed by atoms with Crippen LogP contribution in [0.2, 0.25) is 0 Å². The molecule has 0 bridgehead atoms. The molecular formula is C15H23BN4O4S. The lowest BCUT2D eigenvalue weighted by atomic mass is 9.77. The Labute approximate surface area is 148 Å². The molecule has 0 aliphatic carbocycles. The smallest absolute Gasteiger partial charge is 0.407 e. The van der Waals surface area contributed by atoms with E-state index >= 15 is 0 Å². The second-order valence-electron chi connectivity index (χ2n) is 7.56. The van der Waals surface area contributed by atoms with E-state index < -0.39 is 22.7 Å². The lowest BCUT2D eigenvalue weighted by molar-refractivity contribution is 0.0342. The fraction of sp³-hybridized carbons (Fsp3) is 0.733. The Morgan fingerprint density at radius 1 is 1.36 bits per heavy atom. The molecule has 3 heterocycles. The highest BCUT2D eigenvalue weighted by atomic mass is 32.2. The minimum Gasteiger partial charge on any atom is -0.407 e. The van der Waals surface area contributed by atoms with Crippen molar-refractivity contribution >= 4 is 22.6 Å². The monoisotopic (exact) mass is 366 g/mol. The molecule has 136 valence electrons. The van der Waals surface area contributed by atoms with Crippen molar-refractivity contribution in [2.24, 2.45) is 5.41 Å². The average Bonchev–Trinajstić information content (AvgIpc) is 3.00. The van der Waals surface area contributed by atoms with Gasteiger partial charge in [-0.25, -0.2) is 8.42 Å². The van der Waals surface area contributed by atoms with E-state index in [4.69, 9.17) is 9.31 Å². The van der Waals surface area contributed by atoms with E-state index in [0.29, 0.717) is 13.2 Å². The van der Waals surface area contributed by atoms with Crippen LogP contribution < -0.4 is 5.46 Å². The minimum atomic E-state index is -3.25. The molecule has 0 radical (unpaired) electrons. The van der Waals surface area contributed by atoms with Crippen molar-refractivity contribution in [1.29, 1.82) is 5.26 Å². The van der Waals surface area contributed by atoms with Gasteiger partial charge in [0.25, 0.3) is 0 Å². The van der Waals surface area contributed by atoms with Gasteiger partial charge in [0.05, 0.1) is 18.2 Å². The van der Waals surface area contributed by atoms with Gasteiger partial charge in [0, 0.05) is 49.6 Å². The molecular weight excluding hydrogens is 343 g/mol. The van der Waals surface area contributed by atoms with Crippen molar-refractivity contribution in [2.75, 3.05) is 32.1 Å². The lowest BCUT2D eigenvalue weighted by Crippen LogP contribution is -2.64. The molecule has 0 aromatic carbocycles. The summed E-state index contributed by atoms with van der Waals surface area (Å²) in [5.74, 6) is 0.0551. The number of sulfonamides is 1. The van der Waals surface area contributed by atoms with Crippen molar-refractivity contribution in [3.8, 4) is 6.07 Å². The van der Waals surface area contributed by atoms with Crippen molar-refractivity contribution in [1.82, 2.24) is 14.1 Å². The molecule has 0 N–H and O–H groups in total. The predicted molar refractivity (Wildman–Crippen MR) is 92.5 cm³/mol. The number of nitriles is 1. The maximum atomic E-state index is 12.0. The standard InChI is InChI=1S/C15H23BN4O4S/c1-4-25(21,22)19-9-15(10-19,5-6-17)20-8-13(7-18-20)16-23-11-14(2,3)12-24-16/h7-8H,4-5,9-12H2,1-3H3. The molecule has 0 atom stereocenters. The number of rotatable bonds is 5. The van der Waals surface area contributed by atoms with Gasteiger partial charge in [0.1, 0.15) is 5.54 Å². The Hall–Kier alpha value is -1.41. The number of aromatic nitrogens is 2. The molecule has 0 spiro atoms. The van der Waals surface area contributed by atoms with Gasteiger partial charge >= 0.3 is 7.12 Å². The first-order chi connectivity index (χ1) is 11.7. The highest BCUT2D eigenvalue weighted by Crippen LogP contribution is 2.33. The van der Waals surface area contributed by atoms with E-state index in [9.17, 15) is 13.7 Å². The molecule has 1 aromatic rings. The van der Waals surface area contributed by atoms with Gasteiger partial charge in [-0.2, -0.15) is 14.7 Å². The second-order valence-corrected chi connectivity index (χ2v) is 9.82. The van der Waals surface area contributed by atoms with Gasteiger partial charge in [0.15, 0.2) is 0 Å². The number of hydrogen-bond acceptors (Lipinski definition) is 6. The van der Waals surface area contributed by atoms with Gasteiger partial charge in [-0.1, -0.05) is 13.8 Å². The third kappa shape index (κ3) is 3.46. The first-order valence-electron chi connectivity index (χ1n) is 8.34. The zero-order valence-electron chi connectivity index (χ0n) is 14.8. The van der Waals surface area contributed by atoms with Crippen LogP contribution in [0.15, 0.2) is 12.4 Å². The Balaban J connectivity index is 1.75. The summed E-state index contributed by atoms with van der Waals surface area (Å²) in [4.78, 5) is 0. The lowest BCUT2D eigenvalue weighted by Gasteiger charge is -2.47. The van der Waals surface area contributed by atoms with Crippen LogP contribution in [0.5, 0.6) is 0 Å². The van der Waals surface area contributed by atoms with Gasteiger partial charge in [0.2, 0.25) is 10.0 Å². The van der Waals surface area contributed by atoms with E-state index in [1.165, 1.54) is 4.31 Å². The summed E-state index contributed by atoms with van der Waals surface area (Å²) in [7, 11) is -3.73. The molecule has 2 fully saturated rings. The molecule has 2 aliphatic heterocycles. The minimum absolute atomic E-state index is 0.0164. The normalized spacial score (nSPS) is 23.0. The molecule has 1 aromatic heterocycles. The average molecular weight is 366 g/mol. The van der Waals surface area contributed by atoms with E-state index in [2.05, 4.69) is 25.0 Å². The fourth-order valence-corrected chi connectivity index (χ4v) is 4.32. The van der Waals surface area contributed by atoms with E-state index in [-0.39, 0.29) is 30.7 Å². The van der Waals surface area contributed by atoms with Crippen LogP contribution in [0.1, 0.15) is 27.2 Å². The molecule has 2 saturated heterocycles. The molecule has 10 heteroatoms. The fourth-order valence-electron chi connectivity index (χ4n) is 3.08. The van der Waals surface area contributed by atoms with Crippen LogP contribution in [0.25, 0.3) is 0 Å². The largest absolute Gasteiger partial charge is 0.497 e. The molecule has 3 rings (SSSR count). The van der Waals surface area contributed by atoms with E-state index in [1.807, 2.05) is 0 Å². The molecule has 2 aliphatic rings. The Morgan fingerprint density at radius 2 is 2.00 bits per heavy atom. The third-order valence-corrected chi connectivity index (χ3v) is 6.49. The zero-order chi connectivity index (χ0) is 18.3. The van der Waals surface area contributed by atoms with Crippen LogP contribution in [0, 0.1) is 16.7 Å². The topological polar surface area (TPSA) is 97.5 Å². The molecule has 25 heavy (non-hydrogen) atoms. The first kappa shape index (κ1) is 18.4. The van der Waals surface area contributed by atoms with Gasteiger partial charge in [-0.05, 0) is 6.92 Å². The molecule has 0 amide bonds. The zero-order valence-corrected chi connectivity index (χ0v) is 15.6. The van der Waals surface area contributed by atoms with Crippen molar-refractivity contribution in [3.63, 3.8) is 0 Å². The quantitative estimate of drug-likeness (QED) is 0.677. The van der Waals surface area contributed by atoms with Crippen LogP contribution in [0.3, 0.4) is 0 Å². The van der Waals surface area contributed by atoms with Crippen LogP contribution in [-0.4, -0.2) is 61.7 Å². The molecule has 0 saturated carbocycles. The highest BCUT2D eigenvalue weighted by molar-refractivity contribution is 7.89. The summed E-state index contributed by atoms with van der Waals surface area (Å²) in [6.07, 6.45) is 3.67. The van der Waals surface area contributed by atoms with Crippen molar-refractivity contribution in [2.45, 2.75) is 32.7 Å². The summed E-state index contributed by atoms with van der Waals surface area (Å²) in [6, 6.07) is 2.15. The van der Waals surface area contributed by atoms with Crippen molar-refractivity contribution in [3.05, 3.63) is 12.4 Å². The summed E-state index contributed by atoms with van der Waals surface area (Å²) in [6.45, 7) is 7.47. The Morgan fingerprint density at radius 3 is 2.56 bits per heavy atom. The maximum absolute atomic E-state index is 12.0. The van der Waals surface area contributed by atoms with Crippen molar-refractivity contribution < 1.29 is 17.7 Å². The van der Waals surface area contributed by atoms with E-state index in [1.54, 1.807) is 24.0 Å². The van der Waals surface area contributed by atoms with Crippen LogP contribution >= 0.6 is 0 Å².